The monoisotopic (exact) mass is 354 g/mol. The minimum Gasteiger partial charge on any atom is -0.314 e. The molecule has 2 fully saturated rings. The highest BCUT2D eigenvalue weighted by atomic mass is 79.9. The molecule has 0 amide bonds. The van der Waals surface area contributed by atoms with Crippen LogP contribution in [-0.2, 0) is 0 Å². The molecule has 1 aromatic rings. The molecule has 0 unspecified atom stereocenters. The Morgan fingerprint density at radius 2 is 1.86 bits per heavy atom. The van der Waals surface area contributed by atoms with Crippen LogP contribution >= 0.6 is 15.9 Å². The SMILES string of the molecule is Fc1ccc(Br)c([C@@H](C2CCCCC2)N2CCNCC2)c1. The van der Waals surface area contributed by atoms with Crippen LogP contribution in [0.25, 0.3) is 0 Å². The van der Waals surface area contributed by atoms with E-state index in [1.807, 2.05) is 6.07 Å². The third-order valence-corrected chi connectivity index (χ3v) is 5.64. The van der Waals surface area contributed by atoms with Gasteiger partial charge in [0.2, 0.25) is 0 Å². The fraction of sp³-hybridized carbons (Fsp3) is 0.647. The molecule has 1 saturated heterocycles. The number of nitrogens with one attached hydrogen (secondary N) is 1. The minimum absolute atomic E-state index is 0.121. The van der Waals surface area contributed by atoms with Gasteiger partial charge in [0.15, 0.2) is 0 Å². The van der Waals surface area contributed by atoms with E-state index in [0.29, 0.717) is 12.0 Å². The summed E-state index contributed by atoms with van der Waals surface area (Å²) in [6.07, 6.45) is 6.55. The summed E-state index contributed by atoms with van der Waals surface area (Å²) in [4.78, 5) is 2.56. The van der Waals surface area contributed by atoms with Crippen molar-refractivity contribution >= 4 is 15.9 Å². The zero-order chi connectivity index (χ0) is 14.7. The molecule has 0 aromatic heterocycles. The van der Waals surface area contributed by atoms with Crippen molar-refractivity contribution in [2.24, 2.45) is 5.92 Å². The summed E-state index contributed by atoms with van der Waals surface area (Å²) in [7, 11) is 0. The summed E-state index contributed by atoms with van der Waals surface area (Å²) in [6.45, 7) is 4.19. The van der Waals surface area contributed by atoms with Crippen molar-refractivity contribution in [1.82, 2.24) is 10.2 Å². The van der Waals surface area contributed by atoms with Crippen molar-refractivity contribution in [1.29, 1.82) is 0 Å². The molecule has 3 rings (SSSR count). The number of hydrogen-bond donors (Lipinski definition) is 1. The van der Waals surface area contributed by atoms with Crippen molar-refractivity contribution < 1.29 is 4.39 Å². The molecule has 1 aliphatic heterocycles. The molecule has 4 heteroatoms. The van der Waals surface area contributed by atoms with E-state index in [2.05, 4.69) is 26.1 Å². The second-order valence-corrected chi connectivity index (χ2v) is 7.15. The Balaban J connectivity index is 1.91. The first-order valence-electron chi connectivity index (χ1n) is 8.15. The van der Waals surface area contributed by atoms with Gasteiger partial charge in [0, 0.05) is 36.7 Å². The Labute approximate surface area is 135 Å². The van der Waals surface area contributed by atoms with E-state index in [0.717, 1.165) is 36.2 Å². The zero-order valence-electron chi connectivity index (χ0n) is 12.5. The van der Waals surface area contributed by atoms with Crippen LogP contribution in [0.3, 0.4) is 0 Å². The van der Waals surface area contributed by atoms with Crippen molar-refractivity contribution in [2.45, 2.75) is 38.1 Å². The summed E-state index contributed by atoms with van der Waals surface area (Å²) in [5, 5.41) is 3.42. The van der Waals surface area contributed by atoms with Crippen molar-refractivity contribution in [3.63, 3.8) is 0 Å². The van der Waals surface area contributed by atoms with Crippen LogP contribution in [0, 0.1) is 11.7 Å². The molecule has 1 aromatic carbocycles. The highest BCUT2D eigenvalue weighted by Gasteiger charge is 2.32. The molecule has 2 nitrogen and oxygen atoms in total. The fourth-order valence-electron chi connectivity index (χ4n) is 3.90. The summed E-state index contributed by atoms with van der Waals surface area (Å²) in [6, 6.07) is 5.51. The second kappa shape index (κ2) is 7.21. The zero-order valence-corrected chi connectivity index (χ0v) is 14.0. The van der Waals surface area contributed by atoms with E-state index in [9.17, 15) is 4.39 Å². The van der Waals surface area contributed by atoms with Crippen LogP contribution in [0.4, 0.5) is 4.39 Å². The smallest absolute Gasteiger partial charge is 0.123 e. The van der Waals surface area contributed by atoms with E-state index < -0.39 is 0 Å². The van der Waals surface area contributed by atoms with Crippen molar-refractivity contribution in [3.05, 3.63) is 34.1 Å². The number of halogens is 2. The highest BCUT2D eigenvalue weighted by Crippen LogP contribution is 2.41. The maximum absolute atomic E-state index is 13.8. The van der Waals surface area contributed by atoms with Gasteiger partial charge in [-0.1, -0.05) is 35.2 Å². The van der Waals surface area contributed by atoms with Gasteiger partial charge in [-0.05, 0) is 42.5 Å². The molecule has 21 heavy (non-hydrogen) atoms. The third-order valence-electron chi connectivity index (χ3n) is 4.92. The summed E-state index contributed by atoms with van der Waals surface area (Å²) in [5.74, 6) is 0.541. The number of rotatable bonds is 3. The van der Waals surface area contributed by atoms with Gasteiger partial charge in [-0.25, -0.2) is 4.39 Å². The van der Waals surface area contributed by atoms with Gasteiger partial charge in [-0.2, -0.15) is 0 Å². The van der Waals surface area contributed by atoms with Gasteiger partial charge >= 0.3 is 0 Å². The second-order valence-electron chi connectivity index (χ2n) is 6.29. The number of piperazine rings is 1. The van der Waals surface area contributed by atoms with E-state index in [4.69, 9.17) is 0 Å². The first-order chi connectivity index (χ1) is 10.3. The first kappa shape index (κ1) is 15.4. The van der Waals surface area contributed by atoms with Crippen LogP contribution < -0.4 is 5.32 Å². The third kappa shape index (κ3) is 3.66. The predicted octanol–water partition coefficient (Wildman–Crippen LogP) is 4.11. The molecule has 1 aliphatic carbocycles. The van der Waals surface area contributed by atoms with Gasteiger partial charge in [0.1, 0.15) is 5.82 Å². The fourth-order valence-corrected chi connectivity index (χ4v) is 4.38. The van der Waals surface area contributed by atoms with Gasteiger partial charge in [-0.15, -0.1) is 0 Å². The number of benzene rings is 1. The molecule has 2 aliphatic rings. The Morgan fingerprint density at radius 3 is 2.57 bits per heavy atom. The van der Waals surface area contributed by atoms with Crippen LogP contribution in [0.2, 0.25) is 0 Å². The number of hydrogen-bond acceptors (Lipinski definition) is 2. The number of nitrogens with zero attached hydrogens (tertiary/aromatic N) is 1. The Bertz CT molecular complexity index is 450. The summed E-state index contributed by atoms with van der Waals surface area (Å²) < 4.78 is 14.8. The normalized spacial score (nSPS) is 23.1. The maximum Gasteiger partial charge on any atom is 0.123 e. The average molecular weight is 355 g/mol. The largest absolute Gasteiger partial charge is 0.314 e. The van der Waals surface area contributed by atoms with Crippen LogP contribution in [0.15, 0.2) is 22.7 Å². The summed E-state index contributed by atoms with van der Waals surface area (Å²) >= 11 is 3.66. The molecule has 1 saturated carbocycles. The predicted molar refractivity (Wildman–Crippen MR) is 87.9 cm³/mol. The minimum atomic E-state index is -0.121. The standard InChI is InChI=1S/C17H24BrFN2/c18-16-7-6-14(19)12-15(16)17(13-4-2-1-3-5-13)21-10-8-20-9-11-21/h6-7,12-13,17,20H,1-5,8-11H2/t17-/m1/s1. The topological polar surface area (TPSA) is 15.3 Å². The van der Waals surface area contributed by atoms with Crippen molar-refractivity contribution in [2.75, 3.05) is 26.2 Å². The summed E-state index contributed by atoms with van der Waals surface area (Å²) in [5.41, 5.74) is 1.14. The van der Waals surface area contributed by atoms with Crippen LogP contribution in [0.1, 0.15) is 43.7 Å². The quantitative estimate of drug-likeness (QED) is 0.878. The van der Waals surface area contributed by atoms with E-state index in [1.54, 1.807) is 12.1 Å². The molecule has 0 bridgehead atoms. The maximum atomic E-state index is 13.8. The lowest BCUT2D eigenvalue weighted by molar-refractivity contribution is 0.103. The molecular formula is C17H24BrFN2. The lowest BCUT2D eigenvalue weighted by Gasteiger charge is -2.41. The van der Waals surface area contributed by atoms with Gasteiger partial charge in [-0.3, -0.25) is 4.90 Å². The first-order valence-corrected chi connectivity index (χ1v) is 8.95. The van der Waals surface area contributed by atoms with E-state index in [-0.39, 0.29) is 5.82 Å². The van der Waals surface area contributed by atoms with Gasteiger partial charge in [0.25, 0.3) is 0 Å². The van der Waals surface area contributed by atoms with E-state index in [1.165, 1.54) is 32.1 Å². The Morgan fingerprint density at radius 1 is 1.14 bits per heavy atom. The van der Waals surface area contributed by atoms with Crippen LogP contribution in [-0.4, -0.2) is 31.1 Å². The molecule has 0 radical (unpaired) electrons. The highest BCUT2D eigenvalue weighted by molar-refractivity contribution is 9.10. The lowest BCUT2D eigenvalue weighted by atomic mass is 9.80. The molecular weight excluding hydrogens is 331 g/mol. The Kier molecular flexibility index (Phi) is 5.30. The Hall–Kier alpha value is -0.450. The average Bonchev–Trinajstić information content (AvgIpc) is 2.53. The van der Waals surface area contributed by atoms with Gasteiger partial charge in [0.05, 0.1) is 0 Å². The molecule has 0 spiro atoms. The van der Waals surface area contributed by atoms with Crippen molar-refractivity contribution in [3.8, 4) is 0 Å². The molecule has 1 N–H and O–H groups in total. The van der Waals surface area contributed by atoms with Crippen LogP contribution in [0.5, 0.6) is 0 Å². The van der Waals surface area contributed by atoms with Gasteiger partial charge < -0.3 is 5.32 Å². The molecule has 116 valence electrons. The van der Waals surface area contributed by atoms with E-state index >= 15 is 0 Å². The molecule has 1 atom stereocenters. The lowest BCUT2D eigenvalue weighted by Crippen LogP contribution is -2.47. The molecule has 1 heterocycles.